The second kappa shape index (κ2) is 6.05. The molecule has 0 aliphatic heterocycles. The molecule has 0 atom stereocenters. The first-order chi connectivity index (χ1) is 8.40. The third-order valence-electron chi connectivity index (χ3n) is 2.34. The second-order valence-corrected chi connectivity index (χ2v) is 4.56. The molecule has 0 spiro atoms. The molecule has 1 aromatic carbocycles. The van der Waals surface area contributed by atoms with Crippen LogP contribution in [0.1, 0.15) is 19.4 Å². The SMILES string of the molecule is Cc1cc(O)ccc1NC(=O)C(=O)NCC(C)C. The Labute approximate surface area is 106 Å². The van der Waals surface area contributed by atoms with Crippen molar-refractivity contribution in [3.05, 3.63) is 23.8 Å². The molecule has 0 unspecified atom stereocenters. The van der Waals surface area contributed by atoms with Gasteiger partial charge in [-0.3, -0.25) is 9.59 Å². The highest BCUT2D eigenvalue weighted by molar-refractivity contribution is 6.39. The van der Waals surface area contributed by atoms with Crippen LogP contribution < -0.4 is 10.6 Å². The normalized spacial score (nSPS) is 10.2. The van der Waals surface area contributed by atoms with Gasteiger partial charge in [0, 0.05) is 12.2 Å². The first kappa shape index (κ1) is 14.0. The minimum Gasteiger partial charge on any atom is -0.508 e. The molecule has 98 valence electrons. The van der Waals surface area contributed by atoms with Gasteiger partial charge in [0.1, 0.15) is 5.75 Å². The molecule has 1 aromatic rings. The Morgan fingerprint density at radius 1 is 1.28 bits per heavy atom. The van der Waals surface area contributed by atoms with E-state index in [-0.39, 0.29) is 11.7 Å². The van der Waals surface area contributed by atoms with Gasteiger partial charge in [0.2, 0.25) is 0 Å². The van der Waals surface area contributed by atoms with Crippen LogP contribution in [0.3, 0.4) is 0 Å². The highest BCUT2D eigenvalue weighted by Crippen LogP contribution is 2.19. The van der Waals surface area contributed by atoms with E-state index in [4.69, 9.17) is 0 Å². The van der Waals surface area contributed by atoms with Crippen molar-refractivity contribution in [1.82, 2.24) is 5.32 Å². The van der Waals surface area contributed by atoms with Crippen molar-refractivity contribution in [2.45, 2.75) is 20.8 Å². The van der Waals surface area contributed by atoms with E-state index in [0.29, 0.717) is 17.8 Å². The van der Waals surface area contributed by atoms with Crippen LogP contribution in [-0.4, -0.2) is 23.5 Å². The Hall–Kier alpha value is -2.04. The number of aromatic hydroxyl groups is 1. The number of anilines is 1. The molecule has 0 saturated carbocycles. The predicted molar refractivity (Wildman–Crippen MR) is 69.3 cm³/mol. The summed E-state index contributed by atoms with van der Waals surface area (Å²) in [6.07, 6.45) is 0. The highest BCUT2D eigenvalue weighted by atomic mass is 16.3. The van der Waals surface area contributed by atoms with Crippen LogP contribution in [0.5, 0.6) is 5.75 Å². The summed E-state index contributed by atoms with van der Waals surface area (Å²) in [7, 11) is 0. The second-order valence-electron chi connectivity index (χ2n) is 4.56. The number of amides is 2. The predicted octanol–water partition coefficient (Wildman–Crippen LogP) is 1.41. The van der Waals surface area contributed by atoms with Gasteiger partial charge in [-0.15, -0.1) is 0 Å². The zero-order valence-electron chi connectivity index (χ0n) is 10.8. The molecule has 5 nitrogen and oxygen atoms in total. The smallest absolute Gasteiger partial charge is 0.313 e. The molecule has 5 heteroatoms. The van der Waals surface area contributed by atoms with E-state index in [1.807, 2.05) is 13.8 Å². The first-order valence-electron chi connectivity index (χ1n) is 5.79. The summed E-state index contributed by atoms with van der Waals surface area (Å²) >= 11 is 0. The minimum absolute atomic E-state index is 0.120. The zero-order valence-corrected chi connectivity index (χ0v) is 10.8. The van der Waals surface area contributed by atoms with Crippen LogP contribution in [0.2, 0.25) is 0 Å². The lowest BCUT2D eigenvalue weighted by Crippen LogP contribution is -2.37. The molecule has 0 saturated heterocycles. The molecule has 0 aliphatic carbocycles. The lowest BCUT2D eigenvalue weighted by molar-refractivity contribution is -0.136. The monoisotopic (exact) mass is 250 g/mol. The quantitative estimate of drug-likeness (QED) is 0.560. The summed E-state index contributed by atoms with van der Waals surface area (Å²) in [5.41, 5.74) is 1.21. The van der Waals surface area contributed by atoms with Gasteiger partial charge in [-0.2, -0.15) is 0 Å². The lowest BCUT2D eigenvalue weighted by atomic mass is 10.2. The van der Waals surface area contributed by atoms with Crippen LogP contribution in [0.4, 0.5) is 5.69 Å². The van der Waals surface area contributed by atoms with E-state index >= 15 is 0 Å². The number of aryl methyl sites for hydroxylation is 1. The summed E-state index contributed by atoms with van der Waals surface area (Å²) in [6, 6.07) is 4.52. The van der Waals surface area contributed by atoms with E-state index in [1.165, 1.54) is 12.1 Å². The van der Waals surface area contributed by atoms with Crippen molar-refractivity contribution in [3.63, 3.8) is 0 Å². The third kappa shape index (κ3) is 4.08. The van der Waals surface area contributed by atoms with Crippen molar-refractivity contribution in [2.75, 3.05) is 11.9 Å². The summed E-state index contributed by atoms with van der Waals surface area (Å²) in [6.45, 7) is 6.09. The van der Waals surface area contributed by atoms with Gasteiger partial charge in [0.15, 0.2) is 0 Å². The molecule has 3 N–H and O–H groups in total. The van der Waals surface area contributed by atoms with Gasteiger partial charge in [-0.25, -0.2) is 0 Å². The van der Waals surface area contributed by atoms with Gasteiger partial charge in [-0.1, -0.05) is 13.8 Å². The van der Waals surface area contributed by atoms with E-state index in [0.717, 1.165) is 0 Å². The molecule has 0 aliphatic rings. The van der Waals surface area contributed by atoms with Crippen molar-refractivity contribution in [1.29, 1.82) is 0 Å². The molecule has 0 radical (unpaired) electrons. The fourth-order valence-corrected chi connectivity index (χ4v) is 1.34. The van der Waals surface area contributed by atoms with Gasteiger partial charge >= 0.3 is 11.8 Å². The Balaban J connectivity index is 2.61. The molecular formula is C13H18N2O3. The Bertz CT molecular complexity index is 456. The van der Waals surface area contributed by atoms with Crippen molar-refractivity contribution < 1.29 is 14.7 Å². The van der Waals surface area contributed by atoms with Gasteiger partial charge < -0.3 is 15.7 Å². The van der Waals surface area contributed by atoms with Gasteiger partial charge in [0.25, 0.3) is 0 Å². The van der Waals surface area contributed by atoms with E-state index in [1.54, 1.807) is 13.0 Å². The summed E-state index contributed by atoms with van der Waals surface area (Å²) in [5, 5.41) is 14.3. The van der Waals surface area contributed by atoms with Crippen molar-refractivity contribution in [3.8, 4) is 5.75 Å². The fourth-order valence-electron chi connectivity index (χ4n) is 1.34. The molecular weight excluding hydrogens is 232 g/mol. The minimum atomic E-state index is -0.704. The van der Waals surface area contributed by atoms with Crippen LogP contribution in [0.25, 0.3) is 0 Å². The number of nitrogens with one attached hydrogen (secondary N) is 2. The molecule has 0 aromatic heterocycles. The van der Waals surface area contributed by atoms with Crippen LogP contribution in [-0.2, 0) is 9.59 Å². The molecule has 18 heavy (non-hydrogen) atoms. The topological polar surface area (TPSA) is 78.4 Å². The summed E-state index contributed by atoms with van der Waals surface area (Å²) in [4.78, 5) is 23.0. The van der Waals surface area contributed by atoms with E-state index in [9.17, 15) is 14.7 Å². The molecule has 1 rings (SSSR count). The highest BCUT2D eigenvalue weighted by Gasteiger charge is 2.14. The van der Waals surface area contributed by atoms with Crippen LogP contribution in [0.15, 0.2) is 18.2 Å². The van der Waals surface area contributed by atoms with Gasteiger partial charge in [0.05, 0.1) is 0 Å². The lowest BCUT2D eigenvalue weighted by Gasteiger charge is -2.10. The first-order valence-corrected chi connectivity index (χ1v) is 5.79. The molecule has 2 amide bonds. The van der Waals surface area contributed by atoms with Crippen LogP contribution in [0, 0.1) is 12.8 Å². The van der Waals surface area contributed by atoms with E-state index < -0.39 is 11.8 Å². The number of carbonyl (C=O) groups is 2. The maximum atomic E-state index is 11.6. The number of hydrogen-bond donors (Lipinski definition) is 3. The maximum absolute atomic E-state index is 11.6. The fraction of sp³-hybridized carbons (Fsp3) is 0.385. The summed E-state index contributed by atoms with van der Waals surface area (Å²) in [5.74, 6) is -0.951. The average Bonchev–Trinajstić information content (AvgIpc) is 2.29. The Kier molecular flexibility index (Phi) is 4.71. The van der Waals surface area contributed by atoms with Crippen molar-refractivity contribution in [2.24, 2.45) is 5.92 Å². The van der Waals surface area contributed by atoms with Gasteiger partial charge in [-0.05, 0) is 36.6 Å². The number of phenols is 1. The Morgan fingerprint density at radius 2 is 1.94 bits per heavy atom. The van der Waals surface area contributed by atoms with Crippen LogP contribution >= 0.6 is 0 Å². The third-order valence-corrected chi connectivity index (χ3v) is 2.34. The number of rotatable bonds is 3. The largest absolute Gasteiger partial charge is 0.508 e. The van der Waals surface area contributed by atoms with E-state index in [2.05, 4.69) is 10.6 Å². The Morgan fingerprint density at radius 3 is 2.50 bits per heavy atom. The van der Waals surface area contributed by atoms with Crippen molar-refractivity contribution >= 4 is 17.5 Å². The summed E-state index contributed by atoms with van der Waals surface area (Å²) < 4.78 is 0. The number of phenolic OH excluding ortho intramolecular Hbond substituents is 1. The number of benzene rings is 1. The average molecular weight is 250 g/mol. The maximum Gasteiger partial charge on any atom is 0.313 e. The molecule has 0 heterocycles. The standard InChI is InChI=1S/C13H18N2O3/c1-8(2)7-14-12(17)13(18)15-11-5-4-10(16)6-9(11)3/h4-6,8,16H,7H2,1-3H3,(H,14,17)(H,15,18). The molecule has 0 fully saturated rings. The zero-order chi connectivity index (χ0) is 13.7. The molecule has 0 bridgehead atoms. The number of carbonyl (C=O) groups excluding carboxylic acids is 2. The number of hydrogen-bond acceptors (Lipinski definition) is 3.